The molecule has 2 rings (SSSR count). The summed E-state index contributed by atoms with van der Waals surface area (Å²) in [4.78, 5) is 23.8. The summed E-state index contributed by atoms with van der Waals surface area (Å²) in [7, 11) is 3.01. The van der Waals surface area contributed by atoms with Crippen molar-refractivity contribution in [1.82, 2.24) is 5.32 Å². The molecular weight excluding hydrogens is 336 g/mol. The van der Waals surface area contributed by atoms with E-state index in [-0.39, 0.29) is 6.54 Å². The van der Waals surface area contributed by atoms with Gasteiger partial charge in [0, 0.05) is 12.2 Å². The Morgan fingerprint density at radius 1 is 1.04 bits per heavy atom. The lowest BCUT2D eigenvalue weighted by molar-refractivity contribution is -0.136. The van der Waals surface area contributed by atoms with E-state index < -0.39 is 17.9 Å². The molecule has 0 fully saturated rings. The van der Waals surface area contributed by atoms with Crippen LogP contribution in [0.2, 0.25) is 0 Å². The van der Waals surface area contributed by atoms with Gasteiger partial charge in [-0.15, -0.1) is 0 Å². The molecule has 1 atom stereocenters. The van der Waals surface area contributed by atoms with E-state index in [0.717, 1.165) is 5.56 Å². The minimum Gasteiger partial charge on any atom is -0.493 e. The topological polar surface area (TPSA) is 96.9 Å². The van der Waals surface area contributed by atoms with Gasteiger partial charge in [-0.3, -0.25) is 9.59 Å². The van der Waals surface area contributed by atoms with E-state index in [1.807, 2.05) is 13.0 Å². The molecule has 0 saturated carbocycles. The number of aliphatic hydroxyl groups excluding tert-OH is 1. The van der Waals surface area contributed by atoms with Gasteiger partial charge in [0.2, 0.25) is 0 Å². The summed E-state index contributed by atoms with van der Waals surface area (Å²) in [6, 6.07) is 12.0. The fourth-order valence-corrected chi connectivity index (χ4v) is 2.36. The Bertz CT molecular complexity index is 791. The number of benzene rings is 2. The molecule has 0 aliphatic rings. The third-order valence-corrected chi connectivity index (χ3v) is 3.73. The summed E-state index contributed by atoms with van der Waals surface area (Å²) >= 11 is 0. The maximum absolute atomic E-state index is 11.9. The second-order valence-electron chi connectivity index (χ2n) is 5.66. The van der Waals surface area contributed by atoms with Crippen LogP contribution < -0.4 is 20.1 Å². The molecule has 0 heterocycles. The number of hydrogen-bond acceptors (Lipinski definition) is 5. The molecule has 26 heavy (non-hydrogen) atoms. The molecule has 3 N–H and O–H groups in total. The maximum Gasteiger partial charge on any atom is 0.313 e. The van der Waals surface area contributed by atoms with E-state index >= 15 is 0 Å². The number of hydrogen-bond donors (Lipinski definition) is 3. The number of carbonyl (C=O) groups excluding carboxylic acids is 2. The number of rotatable bonds is 6. The molecule has 2 aromatic carbocycles. The van der Waals surface area contributed by atoms with E-state index in [9.17, 15) is 14.7 Å². The van der Waals surface area contributed by atoms with Crippen LogP contribution in [0, 0.1) is 6.92 Å². The molecule has 0 saturated heterocycles. The third kappa shape index (κ3) is 4.97. The molecule has 0 spiro atoms. The van der Waals surface area contributed by atoms with Gasteiger partial charge in [0.1, 0.15) is 0 Å². The molecule has 0 aliphatic heterocycles. The Kier molecular flexibility index (Phi) is 6.57. The van der Waals surface area contributed by atoms with Crippen molar-refractivity contribution in [3.8, 4) is 11.5 Å². The minimum absolute atomic E-state index is 0.116. The Morgan fingerprint density at radius 3 is 2.42 bits per heavy atom. The normalized spacial score (nSPS) is 11.4. The van der Waals surface area contributed by atoms with Crippen LogP contribution in [0.3, 0.4) is 0 Å². The lowest BCUT2D eigenvalue weighted by Gasteiger charge is -2.15. The van der Waals surface area contributed by atoms with Gasteiger partial charge in [-0.2, -0.15) is 0 Å². The minimum atomic E-state index is -0.995. The Hall–Kier alpha value is -3.06. The number of carbonyl (C=O) groups is 2. The number of anilines is 1. The van der Waals surface area contributed by atoms with Crippen molar-refractivity contribution in [2.24, 2.45) is 0 Å². The molecule has 0 radical (unpaired) electrons. The zero-order chi connectivity index (χ0) is 19.1. The van der Waals surface area contributed by atoms with Crippen LogP contribution in [0.1, 0.15) is 17.2 Å². The lowest BCUT2D eigenvalue weighted by atomic mass is 10.1. The zero-order valence-electron chi connectivity index (χ0n) is 14.9. The largest absolute Gasteiger partial charge is 0.493 e. The molecule has 0 aliphatic carbocycles. The van der Waals surface area contributed by atoms with Crippen molar-refractivity contribution in [2.45, 2.75) is 13.0 Å². The summed E-state index contributed by atoms with van der Waals surface area (Å²) < 4.78 is 10.3. The zero-order valence-corrected chi connectivity index (χ0v) is 14.9. The monoisotopic (exact) mass is 358 g/mol. The quantitative estimate of drug-likeness (QED) is 0.684. The first-order chi connectivity index (χ1) is 12.4. The summed E-state index contributed by atoms with van der Waals surface area (Å²) in [5.41, 5.74) is 2.03. The number of aryl methyl sites for hydroxylation is 1. The SMILES string of the molecule is COc1ccc(C(O)CNC(=O)C(=O)Nc2cccc(C)c2)cc1OC. The van der Waals surface area contributed by atoms with Crippen LogP contribution in [0.5, 0.6) is 11.5 Å². The number of ether oxygens (including phenoxy) is 2. The molecule has 138 valence electrons. The van der Waals surface area contributed by atoms with Crippen LogP contribution >= 0.6 is 0 Å². The van der Waals surface area contributed by atoms with Gasteiger partial charge in [0.05, 0.1) is 20.3 Å². The summed E-state index contributed by atoms with van der Waals surface area (Å²) in [6.45, 7) is 1.77. The van der Waals surface area contributed by atoms with Crippen molar-refractivity contribution in [3.63, 3.8) is 0 Å². The Morgan fingerprint density at radius 2 is 1.77 bits per heavy atom. The van der Waals surface area contributed by atoms with E-state index in [4.69, 9.17) is 9.47 Å². The highest BCUT2D eigenvalue weighted by Gasteiger charge is 2.17. The fraction of sp³-hybridized carbons (Fsp3) is 0.263. The molecule has 1 unspecified atom stereocenters. The smallest absolute Gasteiger partial charge is 0.313 e. The van der Waals surface area contributed by atoms with E-state index in [2.05, 4.69) is 10.6 Å². The average molecular weight is 358 g/mol. The van der Waals surface area contributed by atoms with Gasteiger partial charge in [-0.1, -0.05) is 18.2 Å². The van der Waals surface area contributed by atoms with Gasteiger partial charge in [-0.05, 0) is 42.3 Å². The summed E-state index contributed by atoms with van der Waals surface area (Å²) in [5.74, 6) is -0.626. The molecule has 0 aromatic heterocycles. The molecule has 2 aromatic rings. The van der Waals surface area contributed by atoms with Gasteiger partial charge < -0.3 is 25.2 Å². The highest BCUT2D eigenvalue weighted by atomic mass is 16.5. The van der Waals surface area contributed by atoms with E-state index in [1.165, 1.54) is 14.2 Å². The first kappa shape index (κ1) is 19.3. The molecule has 7 heteroatoms. The van der Waals surface area contributed by atoms with Crippen molar-refractivity contribution < 1.29 is 24.2 Å². The second-order valence-corrected chi connectivity index (χ2v) is 5.66. The van der Waals surface area contributed by atoms with Gasteiger partial charge in [0.15, 0.2) is 11.5 Å². The predicted molar refractivity (Wildman–Crippen MR) is 97.3 cm³/mol. The van der Waals surface area contributed by atoms with Gasteiger partial charge in [-0.25, -0.2) is 0 Å². The molecule has 7 nitrogen and oxygen atoms in total. The van der Waals surface area contributed by atoms with Crippen molar-refractivity contribution in [1.29, 1.82) is 0 Å². The first-order valence-corrected chi connectivity index (χ1v) is 8.00. The van der Waals surface area contributed by atoms with E-state index in [0.29, 0.717) is 22.7 Å². The fourth-order valence-electron chi connectivity index (χ4n) is 2.36. The predicted octanol–water partition coefficient (Wildman–Crippen LogP) is 1.80. The van der Waals surface area contributed by atoms with Crippen molar-refractivity contribution in [2.75, 3.05) is 26.1 Å². The summed E-state index contributed by atoms with van der Waals surface area (Å²) in [6.07, 6.45) is -0.995. The van der Waals surface area contributed by atoms with Gasteiger partial charge >= 0.3 is 11.8 Å². The van der Waals surface area contributed by atoms with Crippen LogP contribution in [0.25, 0.3) is 0 Å². The van der Waals surface area contributed by atoms with Crippen molar-refractivity contribution in [3.05, 3.63) is 53.6 Å². The Balaban J connectivity index is 1.92. The molecule has 0 bridgehead atoms. The maximum atomic E-state index is 11.9. The molecular formula is C19H22N2O5. The van der Waals surface area contributed by atoms with Crippen LogP contribution in [-0.2, 0) is 9.59 Å². The third-order valence-electron chi connectivity index (χ3n) is 3.73. The second kappa shape index (κ2) is 8.87. The van der Waals surface area contributed by atoms with E-state index in [1.54, 1.807) is 36.4 Å². The number of aliphatic hydroxyl groups is 1. The number of nitrogens with one attached hydrogen (secondary N) is 2. The standard InChI is InChI=1S/C19H22N2O5/c1-12-5-4-6-14(9-12)21-19(24)18(23)20-11-15(22)13-7-8-16(25-2)17(10-13)26-3/h4-10,15,22H,11H2,1-3H3,(H,20,23)(H,21,24). The first-order valence-electron chi connectivity index (χ1n) is 8.00. The Labute approximate surface area is 151 Å². The number of amides is 2. The van der Waals surface area contributed by atoms with Gasteiger partial charge in [0.25, 0.3) is 0 Å². The highest BCUT2D eigenvalue weighted by Crippen LogP contribution is 2.29. The average Bonchev–Trinajstić information content (AvgIpc) is 2.65. The van der Waals surface area contributed by atoms with Crippen LogP contribution in [0.15, 0.2) is 42.5 Å². The number of methoxy groups -OCH3 is 2. The highest BCUT2D eigenvalue weighted by molar-refractivity contribution is 6.39. The van der Waals surface area contributed by atoms with Crippen LogP contribution in [-0.4, -0.2) is 37.7 Å². The summed E-state index contributed by atoms with van der Waals surface area (Å²) in [5, 5.41) is 15.1. The van der Waals surface area contributed by atoms with Crippen molar-refractivity contribution >= 4 is 17.5 Å². The molecule has 2 amide bonds. The lowest BCUT2D eigenvalue weighted by Crippen LogP contribution is -2.37. The van der Waals surface area contributed by atoms with Crippen LogP contribution in [0.4, 0.5) is 5.69 Å².